The minimum absolute atomic E-state index is 0.00767. The van der Waals surface area contributed by atoms with E-state index in [1.807, 2.05) is 23.1 Å². The predicted octanol–water partition coefficient (Wildman–Crippen LogP) is 2.53. The summed E-state index contributed by atoms with van der Waals surface area (Å²) in [6.07, 6.45) is 3.08. The molecule has 1 N–H and O–H groups in total. The van der Waals surface area contributed by atoms with Crippen LogP contribution in [-0.2, 0) is 27.6 Å². The van der Waals surface area contributed by atoms with Crippen LogP contribution < -0.4 is 0 Å². The molecule has 3 aromatic rings. The number of benzene rings is 2. The van der Waals surface area contributed by atoms with Crippen LogP contribution in [0.25, 0.3) is 0 Å². The fourth-order valence-corrected chi connectivity index (χ4v) is 4.23. The van der Waals surface area contributed by atoms with E-state index < -0.39 is 9.84 Å². The summed E-state index contributed by atoms with van der Waals surface area (Å²) in [5.74, 6) is 0.0426. The Bertz CT molecular complexity index is 1090. The van der Waals surface area contributed by atoms with Crippen LogP contribution in [0.2, 0.25) is 0 Å². The highest BCUT2D eigenvalue weighted by Crippen LogP contribution is 2.31. The summed E-state index contributed by atoms with van der Waals surface area (Å²) >= 11 is 0. The summed E-state index contributed by atoms with van der Waals surface area (Å²) < 4.78 is 23.2. The maximum absolute atomic E-state index is 12.9. The van der Waals surface area contributed by atoms with Gasteiger partial charge in [0.15, 0.2) is 9.84 Å². The molecule has 0 spiro atoms. The first-order valence-electron chi connectivity index (χ1n) is 9.05. The van der Waals surface area contributed by atoms with Gasteiger partial charge >= 0.3 is 0 Å². The molecule has 0 saturated heterocycles. The normalized spacial score (nSPS) is 16.6. The molecule has 1 aromatic heterocycles. The van der Waals surface area contributed by atoms with E-state index in [0.717, 1.165) is 22.5 Å². The van der Waals surface area contributed by atoms with E-state index in [1.165, 1.54) is 6.26 Å². The number of fused-ring (bicyclic) bond motifs is 1. The topological polar surface area (TPSA) is 83.1 Å². The van der Waals surface area contributed by atoms with Crippen molar-refractivity contribution in [1.82, 2.24) is 14.9 Å². The molecular weight excluding hydrogens is 374 g/mol. The van der Waals surface area contributed by atoms with Gasteiger partial charge in [-0.05, 0) is 23.3 Å². The fourth-order valence-electron chi connectivity index (χ4n) is 3.60. The van der Waals surface area contributed by atoms with E-state index in [0.29, 0.717) is 13.1 Å². The molecule has 1 aliphatic rings. The molecule has 0 fully saturated rings. The third kappa shape index (κ3) is 3.71. The van der Waals surface area contributed by atoms with Crippen LogP contribution in [0.1, 0.15) is 28.4 Å². The summed E-state index contributed by atoms with van der Waals surface area (Å²) in [4.78, 5) is 22.7. The Morgan fingerprint density at radius 3 is 2.54 bits per heavy atom. The zero-order valence-corrected chi connectivity index (χ0v) is 16.3. The molecule has 0 radical (unpaired) electrons. The lowest BCUT2D eigenvalue weighted by atomic mass is 9.90. The Kier molecular flexibility index (Phi) is 4.77. The van der Waals surface area contributed by atoms with Crippen LogP contribution in [0.5, 0.6) is 0 Å². The second kappa shape index (κ2) is 7.24. The Balaban J connectivity index is 1.54. The zero-order valence-electron chi connectivity index (χ0n) is 15.5. The molecule has 7 heteroatoms. The molecule has 1 unspecified atom stereocenters. The van der Waals surface area contributed by atoms with Gasteiger partial charge in [-0.2, -0.15) is 0 Å². The van der Waals surface area contributed by atoms with Crippen LogP contribution in [-0.4, -0.2) is 42.0 Å². The summed E-state index contributed by atoms with van der Waals surface area (Å²) in [7, 11) is -3.24. The van der Waals surface area contributed by atoms with Gasteiger partial charge in [0.1, 0.15) is 0 Å². The lowest BCUT2D eigenvalue weighted by Crippen LogP contribution is -2.39. The van der Waals surface area contributed by atoms with Gasteiger partial charge < -0.3 is 9.88 Å². The molecule has 0 saturated carbocycles. The van der Waals surface area contributed by atoms with Gasteiger partial charge in [0.05, 0.1) is 35.6 Å². The highest BCUT2D eigenvalue weighted by atomic mass is 32.2. The molecule has 2 heterocycles. The van der Waals surface area contributed by atoms with E-state index >= 15 is 0 Å². The molecule has 0 aliphatic carbocycles. The third-order valence-corrected chi connectivity index (χ3v) is 6.22. The van der Waals surface area contributed by atoms with E-state index in [1.54, 1.807) is 30.6 Å². The van der Waals surface area contributed by atoms with Crippen molar-refractivity contribution in [1.29, 1.82) is 0 Å². The van der Waals surface area contributed by atoms with E-state index in [2.05, 4.69) is 22.1 Å². The van der Waals surface area contributed by atoms with Crippen molar-refractivity contribution < 1.29 is 13.2 Å². The van der Waals surface area contributed by atoms with Gasteiger partial charge in [-0.3, -0.25) is 4.79 Å². The number of imidazole rings is 1. The molecule has 1 aliphatic heterocycles. The molecule has 1 amide bonds. The van der Waals surface area contributed by atoms with Gasteiger partial charge in [-0.1, -0.05) is 42.5 Å². The maximum atomic E-state index is 12.9. The van der Waals surface area contributed by atoms with Crippen molar-refractivity contribution in [2.75, 3.05) is 12.8 Å². The van der Waals surface area contributed by atoms with Crippen molar-refractivity contribution in [3.05, 3.63) is 83.4 Å². The third-order valence-electron chi connectivity index (χ3n) is 5.10. The van der Waals surface area contributed by atoms with Crippen molar-refractivity contribution in [2.24, 2.45) is 0 Å². The Hall–Kier alpha value is -2.93. The van der Waals surface area contributed by atoms with Crippen molar-refractivity contribution in [3.8, 4) is 0 Å². The van der Waals surface area contributed by atoms with Gasteiger partial charge in [0, 0.05) is 18.7 Å². The molecule has 0 bridgehead atoms. The summed E-state index contributed by atoms with van der Waals surface area (Å²) in [5, 5.41) is 0. The first kappa shape index (κ1) is 18.4. The Morgan fingerprint density at radius 2 is 1.86 bits per heavy atom. The summed E-state index contributed by atoms with van der Waals surface area (Å²) in [6.45, 7) is 1.07. The second-order valence-corrected chi connectivity index (χ2v) is 9.11. The number of aromatic nitrogens is 2. The number of amides is 1. The molecule has 2 aromatic carbocycles. The SMILES string of the molecule is CS(=O)(=O)c1ccc(CC(=O)N2Cc3[nH]cnc3C(c3ccccc3)C2)cc1. The fraction of sp³-hybridized carbons (Fsp3) is 0.238. The number of nitrogens with zero attached hydrogens (tertiary/aromatic N) is 2. The quantitative estimate of drug-likeness (QED) is 0.736. The lowest BCUT2D eigenvalue weighted by Gasteiger charge is -2.32. The highest BCUT2D eigenvalue weighted by Gasteiger charge is 2.31. The average Bonchev–Trinajstić information content (AvgIpc) is 3.16. The number of aromatic amines is 1. The van der Waals surface area contributed by atoms with Crippen molar-refractivity contribution >= 4 is 15.7 Å². The van der Waals surface area contributed by atoms with Crippen LogP contribution in [0, 0.1) is 0 Å². The van der Waals surface area contributed by atoms with E-state index in [-0.39, 0.29) is 23.1 Å². The Morgan fingerprint density at radius 1 is 1.14 bits per heavy atom. The number of sulfone groups is 1. The van der Waals surface area contributed by atoms with Crippen LogP contribution in [0.3, 0.4) is 0 Å². The first-order chi connectivity index (χ1) is 13.4. The standard InChI is InChI=1S/C21H21N3O3S/c1-28(26,27)17-9-7-15(8-10-17)11-20(25)24-12-18(16-5-3-2-4-6-16)21-19(13-24)22-14-23-21/h2-10,14,18H,11-13H2,1H3,(H,22,23). The van der Waals surface area contributed by atoms with Gasteiger partial charge in [-0.25, -0.2) is 13.4 Å². The van der Waals surface area contributed by atoms with Crippen LogP contribution >= 0.6 is 0 Å². The van der Waals surface area contributed by atoms with E-state index in [4.69, 9.17) is 0 Å². The minimum atomic E-state index is -3.24. The number of nitrogens with one attached hydrogen (secondary N) is 1. The molecule has 6 nitrogen and oxygen atoms in total. The number of carbonyl (C=O) groups excluding carboxylic acids is 1. The minimum Gasteiger partial charge on any atom is -0.347 e. The Labute approximate surface area is 164 Å². The number of carbonyl (C=O) groups is 1. The van der Waals surface area contributed by atoms with Crippen molar-refractivity contribution in [3.63, 3.8) is 0 Å². The number of hydrogen-bond acceptors (Lipinski definition) is 4. The molecule has 144 valence electrons. The molecule has 4 rings (SSSR count). The monoisotopic (exact) mass is 395 g/mol. The van der Waals surface area contributed by atoms with Gasteiger partial charge in [0.2, 0.25) is 5.91 Å². The highest BCUT2D eigenvalue weighted by molar-refractivity contribution is 7.90. The zero-order chi connectivity index (χ0) is 19.7. The smallest absolute Gasteiger partial charge is 0.227 e. The lowest BCUT2D eigenvalue weighted by molar-refractivity contribution is -0.131. The molecule has 28 heavy (non-hydrogen) atoms. The van der Waals surface area contributed by atoms with Gasteiger partial charge in [0.25, 0.3) is 0 Å². The second-order valence-electron chi connectivity index (χ2n) is 7.10. The molecular formula is C21H21N3O3S. The predicted molar refractivity (Wildman–Crippen MR) is 106 cm³/mol. The summed E-state index contributed by atoms with van der Waals surface area (Å²) in [6, 6.07) is 16.6. The summed E-state index contributed by atoms with van der Waals surface area (Å²) in [5.41, 5.74) is 3.88. The van der Waals surface area contributed by atoms with E-state index in [9.17, 15) is 13.2 Å². The number of hydrogen-bond donors (Lipinski definition) is 1. The maximum Gasteiger partial charge on any atom is 0.227 e. The van der Waals surface area contributed by atoms with Crippen LogP contribution in [0.4, 0.5) is 0 Å². The average molecular weight is 395 g/mol. The number of H-pyrrole nitrogens is 1. The number of rotatable bonds is 4. The van der Waals surface area contributed by atoms with Gasteiger partial charge in [-0.15, -0.1) is 0 Å². The molecule has 1 atom stereocenters. The largest absolute Gasteiger partial charge is 0.347 e. The first-order valence-corrected chi connectivity index (χ1v) is 10.9. The van der Waals surface area contributed by atoms with Crippen LogP contribution in [0.15, 0.2) is 65.8 Å². The van der Waals surface area contributed by atoms with Crippen molar-refractivity contribution in [2.45, 2.75) is 23.8 Å².